The smallest absolute Gasteiger partial charge is 0.237 e. The van der Waals surface area contributed by atoms with Crippen molar-refractivity contribution in [1.82, 2.24) is 20.9 Å². The molecule has 0 saturated heterocycles. The summed E-state index contributed by atoms with van der Waals surface area (Å²) in [5.41, 5.74) is -0.0908. The van der Waals surface area contributed by atoms with Crippen LogP contribution in [-0.2, 0) is 68.0 Å². The van der Waals surface area contributed by atoms with E-state index in [4.69, 9.17) is 47.2 Å². The van der Waals surface area contributed by atoms with Crippen molar-refractivity contribution in [3.05, 3.63) is 29.8 Å². The summed E-state index contributed by atoms with van der Waals surface area (Å²) in [7, 11) is 0.615. The number of rotatable bonds is 38. The average molecular weight is 838 g/mol. The molecule has 0 aliphatic carbocycles. The van der Waals surface area contributed by atoms with Gasteiger partial charge in [0.1, 0.15) is 5.75 Å². The van der Waals surface area contributed by atoms with Crippen molar-refractivity contribution < 1.29 is 71.0 Å². The summed E-state index contributed by atoms with van der Waals surface area (Å²) in [5, 5.41) is 8.41. The zero-order valence-corrected chi connectivity index (χ0v) is 35.2. The van der Waals surface area contributed by atoms with Crippen molar-refractivity contribution in [3.8, 4) is 5.75 Å². The minimum Gasteiger partial charge on any atom is -0.769 e. The number of nitrogens with one attached hydrogen (secondary N) is 3. The minimum absolute atomic E-state index is 0.0679. The molecule has 0 heterocycles. The first-order chi connectivity index (χ1) is 27.5. The molecule has 1 aromatic carbocycles. The van der Waals surface area contributed by atoms with E-state index < -0.39 is 37.0 Å². The van der Waals surface area contributed by atoms with Crippen LogP contribution in [-0.4, -0.2) is 187 Å². The SMILES string of the molecule is COCCOCCOCCNC(=O)CN(CC(=O)NCCOCCOCCOC)C(Cc1ccc(OP(=O)([O-])C(C)C)cc1)C(=O)NCCOCCOCCOC. The molecule has 1 aromatic rings. The first-order valence-corrected chi connectivity index (χ1v) is 20.7. The summed E-state index contributed by atoms with van der Waals surface area (Å²) in [6, 6.07) is 5.25. The van der Waals surface area contributed by atoms with Gasteiger partial charge in [-0.3, -0.25) is 23.8 Å². The zero-order valence-electron chi connectivity index (χ0n) is 34.3. The molecule has 19 nitrogen and oxygen atoms in total. The van der Waals surface area contributed by atoms with Gasteiger partial charge >= 0.3 is 0 Å². The molecule has 0 aromatic heterocycles. The molecule has 2 unspecified atom stereocenters. The van der Waals surface area contributed by atoms with Crippen LogP contribution in [0.15, 0.2) is 24.3 Å². The van der Waals surface area contributed by atoms with Crippen LogP contribution >= 0.6 is 7.60 Å². The summed E-state index contributed by atoms with van der Waals surface area (Å²) in [6.07, 6.45) is 0.0679. The molecular weight excluding hydrogens is 771 g/mol. The van der Waals surface area contributed by atoms with E-state index in [1.807, 2.05) is 0 Å². The third-order valence-corrected chi connectivity index (χ3v) is 9.48. The van der Waals surface area contributed by atoms with E-state index in [1.165, 1.54) is 30.9 Å². The molecule has 1 rings (SSSR count). The van der Waals surface area contributed by atoms with Gasteiger partial charge in [-0.1, -0.05) is 26.0 Å². The molecule has 0 radical (unpaired) electrons. The molecule has 0 aliphatic rings. The Hall–Kier alpha value is -2.78. The van der Waals surface area contributed by atoms with Crippen LogP contribution in [0, 0.1) is 0 Å². The van der Waals surface area contributed by atoms with Crippen LogP contribution in [0.1, 0.15) is 19.4 Å². The number of methoxy groups -OCH3 is 3. The summed E-state index contributed by atoms with van der Waals surface area (Å²) < 4.78 is 65.1. The van der Waals surface area contributed by atoms with Crippen LogP contribution in [0.25, 0.3) is 0 Å². The Bertz CT molecular complexity index is 1200. The third kappa shape index (κ3) is 27.5. The second-order valence-corrected chi connectivity index (χ2v) is 14.9. The number of carbonyl (C=O) groups is 3. The summed E-state index contributed by atoms with van der Waals surface area (Å²) in [6.45, 7) is 8.44. The number of hydrogen-bond acceptors (Lipinski definition) is 16. The maximum atomic E-state index is 13.8. The molecule has 2 atom stereocenters. The Morgan fingerprint density at radius 3 is 1.35 bits per heavy atom. The standard InChI is InChI=1S/C37H67N4O15P/c1-31(2)57(45,46)56-33-8-6-32(7-9-33)28-34(37(44)40-12-15-52-24-27-55-21-18-49-5)41(29-35(42)38-10-13-50-22-25-53-19-16-47-3)30-36(43)39-11-14-51-23-26-54-20-17-48-4/h6-9,31,34H,10-30H2,1-5H3,(H,38,42)(H,39,43)(H,40,44)(H,45,46)/p-1. The molecule has 0 aliphatic heterocycles. The molecule has 0 spiro atoms. The van der Waals surface area contributed by atoms with Crippen LogP contribution in [0.3, 0.4) is 0 Å². The number of carbonyl (C=O) groups excluding carboxylic acids is 3. The predicted molar refractivity (Wildman–Crippen MR) is 208 cm³/mol. The summed E-state index contributed by atoms with van der Waals surface area (Å²) in [4.78, 5) is 54.2. The molecule has 57 heavy (non-hydrogen) atoms. The lowest BCUT2D eigenvalue weighted by Gasteiger charge is -2.30. The van der Waals surface area contributed by atoms with Crippen molar-refractivity contribution in [2.45, 2.75) is 32.0 Å². The van der Waals surface area contributed by atoms with Crippen LogP contribution in [0.2, 0.25) is 0 Å². The molecule has 3 amide bonds. The fourth-order valence-electron chi connectivity index (χ4n) is 4.59. The Labute approximate surface area is 337 Å². The lowest BCUT2D eigenvalue weighted by Crippen LogP contribution is -2.54. The second kappa shape index (κ2) is 34.1. The molecule has 3 N–H and O–H groups in total. The van der Waals surface area contributed by atoms with E-state index in [-0.39, 0.29) is 64.7 Å². The highest BCUT2D eigenvalue weighted by molar-refractivity contribution is 7.52. The van der Waals surface area contributed by atoms with Crippen LogP contribution < -0.4 is 25.4 Å². The van der Waals surface area contributed by atoms with E-state index in [9.17, 15) is 23.8 Å². The number of benzene rings is 1. The van der Waals surface area contributed by atoms with E-state index in [2.05, 4.69) is 16.0 Å². The zero-order chi connectivity index (χ0) is 42.0. The van der Waals surface area contributed by atoms with Gasteiger partial charge < -0.3 is 68.0 Å². The van der Waals surface area contributed by atoms with Crippen molar-refractivity contribution in [1.29, 1.82) is 0 Å². The summed E-state index contributed by atoms with van der Waals surface area (Å²) >= 11 is 0. The van der Waals surface area contributed by atoms with Crippen molar-refractivity contribution in [2.24, 2.45) is 0 Å². The highest BCUT2D eigenvalue weighted by Gasteiger charge is 2.30. The van der Waals surface area contributed by atoms with Crippen molar-refractivity contribution in [3.63, 3.8) is 0 Å². The highest BCUT2D eigenvalue weighted by Crippen LogP contribution is 2.43. The lowest BCUT2D eigenvalue weighted by molar-refractivity contribution is -0.192. The molecule has 0 bridgehead atoms. The number of ether oxygens (including phenoxy) is 9. The lowest BCUT2D eigenvalue weighted by atomic mass is 10.0. The molecule has 330 valence electrons. The Morgan fingerprint density at radius 1 is 0.596 bits per heavy atom. The predicted octanol–water partition coefficient (Wildman–Crippen LogP) is -0.372. The largest absolute Gasteiger partial charge is 0.769 e. The average Bonchev–Trinajstić information content (AvgIpc) is 3.18. The molecule has 0 saturated carbocycles. The maximum Gasteiger partial charge on any atom is 0.237 e. The Kier molecular flexibility index (Phi) is 31.3. The Balaban J connectivity index is 3.05. The number of hydrogen-bond donors (Lipinski definition) is 3. The van der Waals surface area contributed by atoms with Gasteiger partial charge in [-0.05, 0) is 24.1 Å². The fraction of sp³-hybridized carbons (Fsp3) is 0.757. The number of nitrogens with zero attached hydrogens (tertiary/aromatic N) is 1. The first kappa shape index (κ1) is 52.2. The summed E-state index contributed by atoms with van der Waals surface area (Å²) in [5.74, 6) is -1.19. The fourth-order valence-corrected chi connectivity index (χ4v) is 5.22. The van der Waals surface area contributed by atoms with Gasteiger partial charge in [0.05, 0.1) is 118 Å². The highest BCUT2D eigenvalue weighted by atomic mass is 31.2. The van der Waals surface area contributed by atoms with Gasteiger partial charge in [0, 0.05) is 46.6 Å². The van der Waals surface area contributed by atoms with Gasteiger partial charge in [-0.25, -0.2) is 0 Å². The van der Waals surface area contributed by atoms with E-state index in [0.29, 0.717) is 84.8 Å². The first-order valence-electron chi connectivity index (χ1n) is 19.1. The molecular formula is C37H66N4O15P-. The van der Waals surface area contributed by atoms with Crippen molar-refractivity contribution >= 4 is 25.3 Å². The minimum atomic E-state index is -4.14. The van der Waals surface area contributed by atoms with Gasteiger partial charge in [0.15, 0.2) is 7.60 Å². The van der Waals surface area contributed by atoms with Gasteiger partial charge in [0.25, 0.3) is 0 Å². The van der Waals surface area contributed by atoms with Crippen LogP contribution in [0.5, 0.6) is 5.75 Å². The Morgan fingerprint density at radius 2 is 0.965 bits per heavy atom. The second-order valence-electron chi connectivity index (χ2n) is 12.6. The molecule has 0 fully saturated rings. The number of amides is 3. The van der Waals surface area contributed by atoms with E-state index in [0.717, 1.165) is 0 Å². The van der Waals surface area contributed by atoms with Gasteiger partial charge in [-0.2, -0.15) is 0 Å². The maximum absolute atomic E-state index is 13.8. The van der Waals surface area contributed by atoms with Crippen molar-refractivity contribution in [2.75, 3.05) is 153 Å². The molecule has 20 heteroatoms. The van der Waals surface area contributed by atoms with Crippen LogP contribution in [0.4, 0.5) is 0 Å². The normalized spacial score (nSPS) is 13.1. The quantitative estimate of drug-likeness (QED) is 0.0571. The van der Waals surface area contributed by atoms with E-state index in [1.54, 1.807) is 33.5 Å². The van der Waals surface area contributed by atoms with Gasteiger partial charge in [0.2, 0.25) is 17.7 Å². The van der Waals surface area contributed by atoms with Gasteiger partial charge in [-0.15, -0.1) is 0 Å². The monoisotopic (exact) mass is 837 g/mol. The topological polar surface area (TPSA) is 223 Å². The van der Waals surface area contributed by atoms with E-state index >= 15 is 0 Å². The third-order valence-electron chi connectivity index (χ3n) is 7.75.